The van der Waals surface area contributed by atoms with Gasteiger partial charge >= 0.3 is 5.97 Å². The van der Waals surface area contributed by atoms with Crippen LogP contribution in [0.1, 0.15) is 29.2 Å². The van der Waals surface area contributed by atoms with Crippen molar-refractivity contribution in [2.75, 3.05) is 6.61 Å². The predicted octanol–water partition coefficient (Wildman–Crippen LogP) is 3.76. The van der Waals surface area contributed by atoms with Crippen molar-refractivity contribution in [3.8, 4) is 17.2 Å². The minimum Gasteiger partial charge on any atom is -0.492 e. The van der Waals surface area contributed by atoms with E-state index in [0.717, 1.165) is 16.8 Å². The van der Waals surface area contributed by atoms with E-state index in [0.29, 0.717) is 28.8 Å². The monoisotopic (exact) mass is 399 g/mol. The van der Waals surface area contributed by atoms with Crippen LogP contribution in [0.3, 0.4) is 0 Å². The van der Waals surface area contributed by atoms with Gasteiger partial charge in [0.15, 0.2) is 0 Å². The summed E-state index contributed by atoms with van der Waals surface area (Å²) in [5, 5.41) is 17.9. The van der Waals surface area contributed by atoms with Gasteiger partial charge in [0.05, 0.1) is 24.9 Å². The van der Waals surface area contributed by atoms with Gasteiger partial charge in [0.25, 0.3) is 0 Å². The topological polar surface area (TPSA) is 86.5 Å². The number of hydrogen-bond acceptors (Lipinski definition) is 5. The molecule has 8 heteroatoms. The Bertz CT molecular complexity index is 1030. The van der Waals surface area contributed by atoms with E-state index in [1.54, 1.807) is 16.9 Å². The minimum atomic E-state index is -0.834. The van der Waals surface area contributed by atoms with Crippen LogP contribution in [0.2, 0.25) is 5.02 Å². The van der Waals surface area contributed by atoms with Crippen molar-refractivity contribution in [2.45, 2.75) is 25.9 Å². The fourth-order valence-electron chi connectivity index (χ4n) is 3.20. The van der Waals surface area contributed by atoms with Crippen LogP contribution in [0.4, 0.5) is 0 Å². The third-order valence-corrected chi connectivity index (χ3v) is 4.87. The Labute approximate surface area is 166 Å². The molecule has 0 saturated carbocycles. The molecule has 28 heavy (non-hydrogen) atoms. The van der Waals surface area contributed by atoms with E-state index in [2.05, 4.69) is 10.3 Å². The Morgan fingerprint density at radius 3 is 3.04 bits per heavy atom. The Kier molecular flexibility index (Phi) is 4.92. The molecular formula is C20H18ClN3O4. The first kappa shape index (κ1) is 18.3. The van der Waals surface area contributed by atoms with Crippen LogP contribution in [-0.4, -0.2) is 32.7 Å². The predicted molar refractivity (Wildman–Crippen MR) is 102 cm³/mol. The SMILES string of the molecule is Cc1ccc(Cl)cc1-n1cc(COc2ccc3c(c2)OCC3CC(=O)O)nn1. The lowest BCUT2D eigenvalue weighted by Gasteiger charge is -2.07. The number of ether oxygens (including phenoxy) is 2. The molecule has 2 aromatic carbocycles. The van der Waals surface area contributed by atoms with E-state index < -0.39 is 5.97 Å². The van der Waals surface area contributed by atoms with Gasteiger partial charge in [0.2, 0.25) is 0 Å². The Morgan fingerprint density at radius 2 is 2.21 bits per heavy atom. The summed E-state index contributed by atoms with van der Waals surface area (Å²) in [4.78, 5) is 10.9. The molecule has 0 amide bonds. The highest BCUT2D eigenvalue weighted by atomic mass is 35.5. The second-order valence-corrected chi connectivity index (χ2v) is 7.12. The molecule has 2 heterocycles. The highest BCUT2D eigenvalue weighted by Gasteiger charge is 2.26. The molecule has 144 valence electrons. The third-order valence-electron chi connectivity index (χ3n) is 4.63. The van der Waals surface area contributed by atoms with Gasteiger partial charge in [0.1, 0.15) is 23.8 Å². The van der Waals surface area contributed by atoms with E-state index in [-0.39, 0.29) is 18.9 Å². The van der Waals surface area contributed by atoms with Crippen LogP contribution < -0.4 is 9.47 Å². The lowest BCUT2D eigenvalue weighted by molar-refractivity contribution is -0.137. The molecule has 3 aromatic rings. The summed E-state index contributed by atoms with van der Waals surface area (Å²) < 4.78 is 13.1. The van der Waals surface area contributed by atoms with Gasteiger partial charge in [-0.05, 0) is 30.7 Å². The fourth-order valence-corrected chi connectivity index (χ4v) is 3.36. The van der Waals surface area contributed by atoms with Crippen LogP contribution in [0.25, 0.3) is 5.69 Å². The number of rotatable bonds is 6. The van der Waals surface area contributed by atoms with E-state index >= 15 is 0 Å². The number of fused-ring (bicyclic) bond motifs is 1. The lowest BCUT2D eigenvalue weighted by Crippen LogP contribution is -2.07. The molecule has 4 rings (SSSR count). The molecule has 1 aromatic heterocycles. The number of carboxylic acids is 1. The van der Waals surface area contributed by atoms with Gasteiger partial charge in [-0.3, -0.25) is 4.79 Å². The molecule has 1 N–H and O–H groups in total. The Hall–Kier alpha value is -3.06. The summed E-state index contributed by atoms with van der Waals surface area (Å²) in [6.07, 6.45) is 1.85. The molecule has 1 atom stereocenters. The third kappa shape index (κ3) is 3.80. The van der Waals surface area contributed by atoms with Gasteiger partial charge in [-0.2, -0.15) is 0 Å². The van der Waals surface area contributed by atoms with E-state index in [1.807, 2.05) is 37.3 Å². The smallest absolute Gasteiger partial charge is 0.304 e. The number of hydrogen-bond donors (Lipinski definition) is 1. The molecule has 7 nitrogen and oxygen atoms in total. The van der Waals surface area contributed by atoms with Crippen LogP contribution in [0.15, 0.2) is 42.6 Å². The van der Waals surface area contributed by atoms with Crippen molar-refractivity contribution >= 4 is 17.6 Å². The van der Waals surface area contributed by atoms with Crippen molar-refractivity contribution in [2.24, 2.45) is 0 Å². The summed E-state index contributed by atoms with van der Waals surface area (Å²) in [7, 11) is 0. The van der Waals surface area contributed by atoms with Crippen molar-refractivity contribution in [1.29, 1.82) is 0 Å². The van der Waals surface area contributed by atoms with Crippen LogP contribution in [0.5, 0.6) is 11.5 Å². The minimum absolute atomic E-state index is 0.0548. The van der Waals surface area contributed by atoms with Gasteiger partial charge in [0, 0.05) is 22.6 Å². The normalized spacial score (nSPS) is 15.1. The summed E-state index contributed by atoms with van der Waals surface area (Å²) >= 11 is 6.07. The first-order valence-electron chi connectivity index (χ1n) is 8.78. The Morgan fingerprint density at radius 1 is 1.36 bits per heavy atom. The molecule has 1 aliphatic rings. The molecule has 0 bridgehead atoms. The van der Waals surface area contributed by atoms with Gasteiger partial charge in [-0.1, -0.05) is 28.9 Å². The summed E-state index contributed by atoms with van der Waals surface area (Å²) in [6, 6.07) is 11.0. The molecule has 1 aliphatic heterocycles. The first-order chi connectivity index (χ1) is 13.5. The van der Waals surface area contributed by atoms with Crippen molar-refractivity contribution < 1.29 is 19.4 Å². The molecule has 1 unspecified atom stereocenters. The summed E-state index contributed by atoms with van der Waals surface area (Å²) in [6.45, 7) is 2.60. The van der Waals surface area contributed by atoms with Crippen LogP contribution >= 0.6 is 11.6 Å². The molecule has 0 radical (unpaired) electrons. The summed E-state index contributed by atoms with van der Waals surface area (Å²) in [5.74, 6) is 0.340. The van der Waals surface area contributed by atoms with Crippen molar-refractivity contribution in [1.82, 2.24) is 15.0 Å². The standard InChI is InChI=1S/C20H18ClN3O4/c1-12-2-3-14(21)7-18(12)24-9-15(22-23-24)11-27-16-4-5-17-13(6-20(25)26)10-28-19(17)8-16/h2-5,7-9,13H,6,10-11H2,1H3,(H,25,26). The number of aliphatic carboxylic acids is 1. The number of benzene rings is 2. The van der Waals surface area contributed by atoms with Gasteiger partial charge in [-0.15, -0.1) is 5.10 Å². The summed E-state index contributed by atoms with van der Waals surface area (Å²) in [5.41, 5.74) is 3.47. The molecule has 0 aliphatic carbocycles. The highest BCUT2D eigenvalue weighted by molar-refractivity contribution is 6.30. The van der Waals surface area contributed by atoms with Crippen molar-refractivity contribution in [3.05, 3.63) is 64.4 Å². The molecule has 0 saturated heterocycles. The zero-order valence-corrected chi connectivity index (χ0v) is 15.9. The second-order valence-electron chi connectivity index (χ2n) is 6.68. The average Bonchev–Trinajstić information content (AvgIpc) is 3.29. The number of carboxylic acid groups (broad SMARTS) is 1. The maximum absolute atomic E-state index is 10.9. The number of halogens is 1. The fraction of sp³-hybridized carbons (Fsp3) is 0.250. The lowest BCUT2D eigenvalue weighted by atomic mass is 9.98. The van der Waals surface area contributed by atoms with E-state index in [4.69, 9.17) is 26.2 Å². The maximum Gasteiger partial charge on any atom is 0.304 e. The second kappa shape index (κ2) is 7.52. The van der Waals surface area contributed by atoms with Gasteiger partial charge < -0.3 is 14.6 Å². The van der Waals surface area contributed by atoms with E-state index in [1.165, 1.54) is 0 Å². The first-order valence-corrected chi connectivity index (χ1v) is 9.16. The van der Waals surface area contributed by atoms with Crippen LogP contribution in [0, 0.1) is 6.92 Å². The van der Waals surface area contributed by atoms with Crippen LogP contribution in [-0.2, 0) is 11.4 Å². The molecule has 0 fully saturated rings. The Balaban J connectivity index is 1.44. The number of carbonyl (C=O) groups is 1. The molecular weight excluding hydrogens is 382 g/mol. The maximum atomic E-state index is 10.9. The van der Waals surface area contributed by atoms with Crippen molar-refractivity contribution in [3.63, 3.8) is 0 Å². The number of aryl methyl sites for hydroxylation is 1. The van der Waals surface area contributed by atoms with E-state index in [9.17, 15) is 4.79 Å². The van der Waals surface area contributed by atoms with Gasteiger partial charge in [-0.25, -0.2) is 4.68 Å². The highest BCUT2D eigenvalue weighted by Crippen LogP contribution is 2.38. The number of nitrogens with zero attached hydrogens (tertiary/aromatic N) is 3. The largest absolute Gasteiger partial charge is 0.492 e. The molecule has 0 spiro atoms. The quantitative estimate of drug-likeness (QED) is 0.679. The zero-order valence-electron chi connectivity index (χ0n) is 15.1. The average molecular weight is 400 g/mol. The number of aromatic nitrogens is 3. The zero-order chi connectivity index (χ0) is 19.7.